The molecule has 5 rings (SSSR count). The third-order valence-corrected chi connectivity index (χ3v) is 6.19. The number of alkyl halides is 3. The molecule has 0 saturated carbocycles. The molecule has 2 aliphatic rings. The summed E-state index contributed by atoms with van der Waals surface area (Å²) >= 11 is 0. The Labute approximate surface area is 188 Å². The van der Waals surface area contributed by atoms with Crippen molar-refractivity contribution in [2.45, 2.75) is 25.1 Å². The molecule has 0 bridgehead atoms. The zero-order valence-electron chi connectivity index (χ0n) is 17.8. The van der Waals surface area contributed by atoms with E-state index < -0.39 is 11.7 Å². The number of benzene rings is 2. The molecule has 2 aliphatic heterocycles. The first-order chi connectivity index (χ1) is 15.9. The number of fused-ring (bicyclic) bond motifs is 2. The maximum Gasteiger partial charge on any atom is 0.416 e. The number of aromatic nitrogens is 2. The van der Waals surface area contributed by atoms with Gasteiger partial charge in [-0.25, -0.2) is 4.98 Å². The van der Waals surface area contributed by atoms with Crippen LogP contribution in [-0.4, -0.2) is 48.3 Å². The van der Waals surface area contributed by atoms with Crippen molar-refractivity contribution in [3.8, 4) is 11.5 Å². The number of anilines is 1. The topological polar surface area (TPSA) is 69.8 Å². The third-order valence-electron chi connectivity index (χ3n) is 6.19. The van der Waals surface area contributed by atoms with Crippen LogP contribution >= 0.6 is 0 Å². The summed E-state index contributed by atoms with van der Waals surface area (Å²) in [6.07, 6.45) is -1.12. The van der Waals surface area contributed by atoms with Crippen LogP contribution in [0.5, 0.6) is 11.5 Å². The Morgan fingerprint density at radius 2 is 1.85 bits per heavy atom. The molecule has 3 aromatic rings. The Balaban J connectivity index is 1.17. The Morgan fingerprint density at radius 3 is 2.61 bits per heavy atom. The fraction of sp³-hybridized carbons (Fsp3) is 0.391. The van der Waals surface area contributed by atoms with Crippen molar-refractivity contribution in [1.29, 1.82) is 0 Å². The van der Waals surface area contributed by atoms with Crippen LogP contribution in [0.3, 0.4) is 0 Å². The predicted molar refractivity (Wildman–Crippen MR) is 115 cm³/mol. The first-order valence-corrected chi connectivity index (χ1v) is 10.9. The maximum absolute atomic E-state index is 13.0. The number of carbonyl (C=O) groups is 1. The number of ether oxygens (including phenoxy) is 2. The summed E-state index contributed by atoms with van der Waals surface area (Å²) in [6.45, 7) is 2.93. The van der Waals surface area contributed by atoms with Crippen LogP contribution in [0.1, 0.15) is 24.4 Å². The third kappa shape index (κ3) is 4.61. The molecule has 1 saturated heterocycles. The molecule has 0 spiro atoms. The van der Waals surface area contributed by atoms with E-state index in [0.717, 1.165) is 38.1 Å². The highest BCUT2D eigenvalue weighted by atomic mass is 19.4. The van der Waals surface area contributed by atoms with Gasteiger partial charge in [0.25, 0.3) is 5.91 Å². The average molecular weight is 461 g/mol. The van der Waals surface area contributed by atoms with Crippen LogP contribution in [0.2, 0.25) is 0 Å². The number of hydrogen-bond acceptors (Lipinski definition) is 4. The lowest BCUT2D eigenvalue weighted by molar-refractivity contribution is -0.897. The number of piperidine rings is 1. The number of imidazole rings is 1. The van der Waals surface area contributed by atoms with Crippen molar-refractivity contribution < 1.29 is 32.3 Å². The van der Waals surface area contributed by atoms with E-state index in [-0.39, 0.29) is 11.9 Å². The van der Waals surface area contributed by atoms with Crippen molar-refractivity contribution in [2.24, 2.45) is 0 Å². The summed E-state index contributed by atoms with van der Waals surface area (Å²) in [7, 11) is 0. The summed E-state index contributed by atoms with van der Waals surface area (Å²) in [6, 6.07) is 9.18. The molecule has 1 amide bonds. The van der Waals surface area contributed by atoms with E-state index in [2.05, 4.69) is 10.3 Å². The van der Waals surface area contributed by atoms with E-state index in [1.807, 2.05) is 4.57 Å². The van der Waals surface area contributed by atoms with Gasteiger partial charge in [0.15, 0.2) is 18.0 Å². The fourth-order valence-corrected chi connectivity index (χ4v) is 4.52. The molecule has 0 atom stereocenters. The van der Waals surface area contributed by atoms with Crippen molar-refractivity contribution in [3.63, 3.8) is 0 Å². The molecule has 7 nitrogen and oxygen atoms in total. The zero-order valence-corrected chi connectivity index (χ0v) is 17.8. The van der Waals surface area contributed by atoms with Gasteiger partial charge >= 0.3 is 6.18 Å². The second kappa shape index (κ2) is 8.58. The summed E-state index contributed by atoms with van der Waals surface area (Å²) in [5.41, 5.74) is 1.02. The monoisotopic (exact) mass is 461 g/mol. The molecule has 174 valence electrons. The van der Waals surface area contributed by atoms with Gasteiger partial charge in [-0.2, -0.15) is 13.2 Å². The molecule has 2 aromatic carbocycles. The molecule has 0 aliphatic carbocycles. The zero-order chi connectivity index (χ0) is 23.0. The van der Waals surface area contributed by atoms with Crippen LogP contribution in [0.15, 0.2) is 42.7 Å². The van der Waals surface area contributed by atoms with Crippen molar-refractivity contribution in [2.75, 3.05) is 38.2 Å². The summed E-state index contributed by atoms with van der Waals surface area (Å²) in [5, 5.41) is 2.92. The minimum atomic E-state index is -4.38. The number of nitrogens with zero attached hydrogens (tertiary/aromatic N) is 2. The number of nitrogens with one attached hydrogen (secondary N) is 2. The van der Waals surface area contributed by atoms with Gasteiger partial charge < -0.3 is 24.3 Å². The molecule has 1 aromatic heterocycles. The molecular formula is C23H24F3N4O3+. The molecule has 0 radical (unpaired) electrons. The summed E-state index contributed by atoms with van der Waals surface area (Å²) in [5.74, 6) is 1.23. The number of halogens is 3. The number of likely N-dealkylation sites (tertiary alicyclic amines) is 1. The summed E-state index contributed by atoms with van der Waals surface area (Å²) < 4.78 is 51.9. The van der Waals surface area contributed by atoms with Crippen molar-refractivity contribution >= 4 is 22.6 Å². The minimum absolute atomic E-state index is 0.0760. The van der Waals surface area contributed by atoms with Gasteiger partial charge in [0.05, 0.1) is 36.0 Å². The number of quaternary nitrogens is 1. The van der Waals surface area contributed by atoms with Gasteiger partial charge in [-0.15, -0.1) is 0 Å². The lowest BCUT2D eigenvalue weighted by Crippen LogP contribution is -3.14. The highest BCUT2D eigenvalue weighted by molar-refractivity contribution is 5.91. The highest BCUT2D eigenvalue weighted by Gasteiger charge is 2.31. The highest BCUT2D eigenvalue weighted by Crippen LogP contribution is 2.33. The van der Waals surface area contributed by atoms with Crippen LogP contribution in [-0.2, 0) is 11.0 Å². The molecule has 2 N–H and O–H groups in total. The van der Waals surface area contributed by atoms with Crippen LogP contribution < -0.4 is 19.7 Å². The number of amides is 1. The van der Waals surface area contributed by atoms with Crippen LogP contribution in [0, 0.1) is 0 Å². The SMILES string of the molecule is O=C(C[NH+]1CCC(n2cnc3cc(C(F)(F)F)ccc32)CC1)Nc1ccc2c(c1)OCCO2. The van der Waals surface area contributed by atoms with E-state index in [9.17, 15) is 18.0 Å². The molecule has 10 heteroatoms. The Morgan fingerprint density at radius 1 is 1.09 bits per heavy atom. The number of hydrogen-bond donors (Lipinski definition) is 2. The molecule has 1 fully saturated rings. The number of carbonyl (C=O) groups excluding carboxylic acids is 1. The van der Waals surface area contributed by atoms with Crippen molar-refractivity contribution in [3.05, 3.63) is 48.3 Å². The van der Waals surface area contributed by atoms with Crippen LogP contribution in [0.25, 0.3) is 11.0 Å². The van der Waals surface area contributed by atoms with Crippen molar-refractivity contribution in [1.82, 2.24) is 9.55 Å². The molecular weight excluding hydrogens is 437 g/mol. The molecule has 3 heterocycles. The first kappa shape index (κ1) is 21.6. The lowest BCUT2D eigenvalue weighted by atomic mass is 10.0. The standard InChI is InChI=1S/C23H23F3N4O3/c24-23(25,26)15-1-3-19-18(11-15)27-14-30(19)17-5-7-29(8-6-17)13-22(31)28-16-2-4-20-21(12-16)33-10-9-32-20/h1-4,11-12,14,17H,5-10,13H2,(H,28,31)/p+1. The van der Waals surface area contributed by atoms with E-state index in [1.54, 1.807) is 24.5 Å². The molecule has 0 unspecified atom stereocenters. The van der Waals surface area contributed by atoms with Gasteiger partial charge in [-0.05, 0) is 30.3 Å². The average Bonchev–Trinajstić information content (AvgIpc) is 3.22. The largest absolute Gasteiger partial charge is 0.486 e. The van der Waals surface area contributed by atoms with Gasteiger partial charge in [0.2, 0.25) is 0 Å². The van der Waals surface area contributed by atoms with E-state index in [4.69, 9.17) is 9.47 Å². The van der Waals surface area contributed by atoms with Gasteiger partial charge in [0.1, 0.15) is 13.2 Å². The number of rotatable bonds is 4. The van der Waals surface area contributed by atoms with Gasteiger partial charge in [-0.1, -0.05) is 0 Å². The Kier molecular flexibility index (Phi) is 5.61. The second-order valence-corrected chi connectivity index (χ2v) is 8.42. The van der Waals surface area contributed by atoms with Crippen LogP contribution in [0.4, 0.5) is 18.9 Å². The van der Waals surface area contributed by atoms with E-state index in [0.29, 0.717) is 48.0 Å². The second-order valence-electron chi connectivity index (χ2n) is 8.42. The van der Waals surface area contributed by atoms with E-state index >= 15 is 0 Å². The fourth-order valence-electron chi connectivity index (χ4n) is 4.52. The van der Waals surface area contributed by atoms with Gasteiger partial charge in [-0.3, -0.25) is 4.79 Å². The smallest absolute Gasteiger partial charge is 0.416 e. The van der Waals surface area contributed by atoms with Gasteiger partial charge in [0, 0.05) is 30.6 Å². The maximum atomic E-state index is 13.0. The molecule has 33 heavy (non-hydrogen) atoms. The lowest BCUT2D eigenvalue weighted by Gasteiger charge is -2.30. The van der Waals surface area contributed by atoms with E-state index in [1.165, 1.54) is 11.0 Å². The Bertz CT molecular complexity index is 1170. The first-order valence-electron chi connectivity index (χ1n) is 10.9. The quantitative estimate of drug-likeness (QED) is 0.627. The summed E-state index contributed by atoms with van der Waals surface area (Å²) in [4.78, 5) is 17.9. The Hall–Kier alpha value is -3.27. The minimum Gasteiger partial charge on any atom is -0.486 e. The predicted octanol–water partition coefficient (Wildman–Crippen LogP) is 2.68. The normalized spacial score (nSPS) is 20.6.